The Balaban J connectivity index is 1.90. The van der Waals surface area contributed by atoms with Crippen LogP contribution in [0.3, 0.4) is 0 Å². The van der Waals surface area contributed by atoms with Crippen molar-refractivity contribution in [1.29, 1.82) is 5.26 Å². The summed E-state index contributed by atoms with van der Waals surface area (Å²) < 4.78 is 5.82. The lowest BCUT2D eigenvalue weighted by Gasteiger charge is -2.27. The first kappa shape index (κ1) is 28.2. The van der Waals surface area contributed by atoms with Gasteiger partial charge in [0.05, 0.1) is 34.9 Å². The van der Waals surface area contributed by atoms with Crippen LogP contribution >= 0.6 is 23.2 Å². The lowest BCUT2D eigenvalue weighted by atomic mass is 10.0. The maximum atomic E-state index is 11.8. The monoisotopic (exact) mass is 544 g/mol. The fourth-order valence-corrected chi connectivity index (χ4v) is 4.09. The molecule has 2 aromatic carbocycles. The van der Waals surface area contributed by atoms with Crippen LogP contribution in [0.5, 0.6) is 5.75 Å². The highest BCUT2D eigenvalue weighted by Gasteiger charge is 2.35. The van der Waals surface area contributed by atoms with E-state index in [0.29, 0.717) is 46.9 Å². The molecule has 1 heterocycles. The molecule has 37 heavy (non-hydrogen) atoms. The Kier molecular flexibility index (Phi) is 10.1. The number of likely N-dealkylation sites (N-methyl/N-ethyl adjacent to an activating group) is 2. The van der Waals surface area contributed by atoms with Gasteiger partial charge in [0.15, 0.2) is 0 Å². The zero-order chi connectivity index (χ0) is 26.9. The molecule has 0 radical (unpaired) electrons. The number of anilines is 1. The number of hydrogen-bond acceptors (Lipinski definition) is 7. The fourth-order valence-electron chi connectivity index (χ4n) is 3.79. The van der Waals surface area contributed by atoms with Gasteiger partial charge in [0, 0.05) is 23.9 Å². The smallest absolute Gasteiger partial charge is 0.235 e. The standard InChI is InChI=1S/C25H30Cl2N8O2/c1-4-34(15-23(29)36)22-14-35(32-24(22)17-8-9-20(26)21(27)12-17)25(30-16-28)31-18-6-5-7-19(13-18)37-11-10-33(2)3/h5-9,12-13,22H,4,10-11,14-15H2,1-3H3,(H2,29,36)(H,30,31). The van der Waals surface area contributed by atoms with Gasteiger partial charge in [-0.2, -0.15) is 10.4 Å². The van der Waals surface area contributed by atoms with Crippen molar-refractivity contribution in [2.45, 2.75) is 13.0 Å². The SMILES string of the molecule is CCN(CC(N)=O)C1CN(C(=NC#N)Nc2cccc(OCCN(C)C)c2)N=C1c1ccc(Cl)c(Cl)c1. The van der Waals surface area contributed by atoms with Gasteiger partial charge in [-0.25, -0.2) is 5.01 Å². The lowest BCUT2D eigenvalue weighted by molar-refractivity contribution is -0.119. The molecule has 0 aliphatic carbocycles. The zero-order valence-corrected chi connectivity index (χ0v) is 22.5. The van der Waals surface area contributed by atoms with E-state index in [9.17, 15) is 10.1 Å². The minimum atomic E-state index is -0.455. The summed E-state index contributed by atoms with van der Waals surface area (Å²) in [6, 6.07) is 12.3. The minimum Gasteiger partial charge on any atom is -0.492 e. The predicted octanol–water partition coefficient (Wildman–Crippen LogP) is 3.08. The Morgan fingerprint density at radius 2 is 2.08 bits per heavy atom. The van der Waals surface area contributed by atoms with Crippen LogP contribution in [0, 0.1) is 11.5 Å². The second kappa shape index (κ2) is 13.3. The molecule has 0 spiro atoms. The van der Waals surface area contributed by atoms with Crippen LogP contribution in [0.25, 0.3) is 0 Å². The number of nitrogens with one attached hydrogen (secondary N) is 1. The van der Waals surface area contributed by atoms with E-state index in [0.717, 1.165) is 12.1 Å². The molecule has 0 aromatic heterocycles. The molecule has 12 heteroatoms. The first-order chi connectivity index (χ1) is 17.7. The second-order valence-electron chi connectivity index (χ2n) is 8.58. The summed E-state index contributed by atoms with van der Waals surface area (Å²) >= 11 is 12.4. The van der Waals surface area contributed by atoms with Crippen molar-refractivity contribution in [1.82, 2.24) is 14.8 Å². The van der Waals surface area contributed by atoms with Crippen molar-refractivity contribution in [2.75, 3.05) is 52.2 Å². The molecule has 196 valence electrons. The van der Waals surface area contributed by atoms with Crippen molar-refractivity contribution >= 4 is 46.5 Å². The molecule has 1 unspecified atom stereocenters. The number of carbonyl (C=O) groups is 1. The lowest BCUT2D eigenvalue weighted by Crippen LogP contribution is -2.47. The van der Waals surface area contributed by atoms with E-state index in [1.165, 1.54) is 0 Å². The third kappa shape index (κ3) is 7.81. The number of nitrogens with two attached hydrogens (primary N) is 1. The van der Waals surface area contributed by atoms with E-state index in [-0.39, 0.29) is 18.5 Å². The molecule has 0 fully saturated rings. The number of guanidine groups is 1. The van der Waals surface area contributed by atoms with Gasteiger partial charge in [-0.15, -0.1) is 4.99 Å². The third-order valence-corrected chi connectivity index (χ3v) is 6.35. The Morgan fingerprint density at radius 3 is 2.73 bits per heavy atom. The molecule has 3 rings (SSSR count). The van der Waals surface area contributed by atoms with E-state index >= 15 is 0 Å². The van der Waals surface area contributed by atoms with Crippen LogP contribution in [-0.4, -0.2) is 85.3 Å². The number of nitrogens with zero attached hydrogens (tertiary/aromatic N) is 6. The van der Waals surface area contributed by atoms with Crippen molar-refractivity contribution in [2.24, 2.45) is 15.8 Å². The number of benzene rings is 2. The number of rotatable bonds is 10. The molecular weight excluding hydrogens is 515 g/mol. The maximum Gasteiger partial charge on any atom is 0.235 e. The summed E-state index contributed by atoms with van der Waals surface area (Å²) in [6.45, 7) is 4.16. The number of hydrogen-bond donors (Lipinski definition) is 2. The number of amides is 1. The van der Waals surface area contributed by atoms with Crippen molar-refractivity contribution in [3.63, 3.8) is 0 Å². The Bertz CT molecular complexity index is 1210. The highest BCUT2D eigenvalue weighted by Crippen LogP contribution is 2.27. The number of ether oxygens (including phenoxy) is 1. The summed E-state index contributed by atoms with van der Waals surface area (Å²) in [5.74, 6) is 0.452. The van der Waals surface area contributed by atoms with Crippen molar-refractivity contribution in [3.8, 4) is 11.9 Å². The van der Waals surface area contributed by atoms with Gasteiger partial charge in [-0.3, -0.25) is 9.69 Å². The quantitative estimate of drug-likeness (QED) is 0.267. The molecule has 2 aromatic rings. The molecular formula is C25H30Cl2N8O2. The average molecular weight is 545 g/mol. The van der Waals surface area contributed by atoms with Crippen LogP contribution in [-0.2, 0) is 4.79 Å². The van der Waals surface area contributed by atoms with Gasteiger partial charge in [0.25, 0.3) is 0 Å². The molecule has 10 nitrogen and oxygen atoms in total. The average Bonchev–Trinajstić information content (AvgIpc) is 3.29. The number of primary amides is 1. The van der Waals surface area contributed by atoms with Crippen LogP contribution in [0.1, 0.15) is 12.5 Å². The van der Waals surface area contributed by atoms with Gasteiger partial charge in [-0.1, -0.05) is 42.3 Å². The number of nitriles is 1. The molecule has 3 N–H and O–H groups in total. The van der Waals surface area contributed by atoms with Crippen LogP contribution < -0.4 is 15.8 Å². The molecule has 1 aliphatic rings. The van der Waals surface area contributed by atoms with Crippen molar-refractivity contribution < 1.29 is 9.53 Å². The molecule has 1 atom stereocenters. The first-order valence-corrected chi connectivity index (χ1v) is 12.4. The van der Waals surface area contributed by atoms with E-state index in [1.807, 2.05) is 67.3 Å². The molecule has 0 bridgehead atoms. The van der Waals surface area contributed by atoms with E-state index in [4.69, 9.17) is 38.8 Å². The number of carbonyl (C=O) groups excluding carboxylic acids is 1. The van der Waals surface area contributed by atoms with E-state index in [1.54, 1.807) is 17.1 Å². The van der Waals surface area contributed by atoms with E-state index in [2.05, 4.69) is 10.3 Å². The van der Waals surface area contributed by atoms with Gasteiger partial charge in [0.2, 0.25) is 18.1 Å². The molecule has 0 saturated carbocycles. The first-order valence-electron chi connectivity index (χ1n) is 11.7. The van der Waals surface area contributed by atoms with Gasteiger partial charge >= 0.3 is 0 Å². The highest BCUT2D eigenvalue weighted by molar-refractivity contribution is 6.42. The normalized spacial score (nSPS) is 15.6. The molecule has 1 amide bonds. The topological polar surface area (TPSA) is 123 Å². The van der Waals surface area contributed by atoms with Crippen LogP contribution in [0.15, 0.2) is 52.6 Å². The second-order valence-corrected chi connectivity index (χ2v) is 9.40. The number of halogens is 2. The Labute approximate surface area is 226 Å². The minimum absolute atomic E-state index is 0.0415. The van der Waals surface area contributed by atoms with Crippen molar-refractivity contribution in [3.05, 3.63) is 58.1 Å². The third-order valence-electron chi connectivity index (χ3n) is 5.61. The largest absolute Gasteiger partial charge is 0.492 e. The summed E-state index contributed by atoms with van der Waals surface area (Å²) in [4.78, 5) is 19.7. The number of aliphatic imine (C=N–C) groups is 1. The molecule has 1 aliphatic heterocycles. The van der Waals surface area contributed by atoms with Gasteiger partial charge < -0.3 is 20.7 Å². The predicted molar refractivity (Wildman–Crippen MR) is 147 cm³/mol. The number of hydrazone groups is 1. The summed E-state index contributed by atoms with van der Waals surface area (Å²) in [7, 11) is 3.95. The summed E-state index contributed by atoms with van der Waals surface area (Å²) in [6.07, 6.45) is 1.84. The summed E-state index contributed by atoms with van der Waals surface area (Å²) in [5.41, 5.74) is 7.57. The Hall–Kier alpha value is -3.36. The molecule has 0 saturated heterocycles. The maximum absolute atomic E-state index is 11.8. The van der Waals surface area contributed by atoms with E-state index < -0.39 is 5.91 Å². The highest BCUT2D eigenvalue weighted by atomic mass is 35.5. The zero-order valence-electron chi connectivity index (χ0n) is 21.0. The fraction of sp³-hybridized carbons (Fsp3) is 0.360. The van der Waals surface area contributed by atoms with Crippen LogP contribution in [0.2, 0.25) is 10.0 Å². The van der Waals surface area contributed by atoms with Gasteiger partial charge in [-0.05, 0) is 44.9 Å². The van der Waals surface area contributed by atoms with Gasteiger partial charge in [0.1, 0.15) is 12.4 Å². The Morgan fingerprint density at radius 1 is 1.30 bits per heavy atom. The summed E-state index contributed by atoms with van der Waals surface area (Å²) in [5, 5.41) is 19.7. The van der Waals surface area contributed by atoms with Crippen LogP contribution in [0.4, 0.5) is 5.69 Å².